The molecule has 0 saturated heterocycles. The Hall–Kier alpha value is -4.05. The molecule has 10 nitrogen and oxygen atoms in total. The predicted octanol–water partition coefficient (Wildman–Crippen LogP) is 4.21. The van der Waals surface area contributed by atoms with Crippen LogP contribution < -0.4 is 16.4 Å². The van der Waals surface area contributed by atoms with Crippen molar-refractivity contribution in [3.63, 3.8) is 0 Å². The van der Waals surface area contributed by atoms with Gasteiger partial charge in [-0.05, 0) is 63.4 Å². The summed E-state index contributed by atoms with van der Waals surface area (Å²) in [6.45, 7) is 10.4. The maximum Gasteiger partial charge on any atom is 0.408 e. The molecule has 0 radical (unpaired) electrons. The molecule has 0 bridgehead atoms. The average Bonchev–Trinajstić information content (AvgIpc) is 2.83. The van der Waals surface area contributed by atoms with Gasteiger partial charge in [-0.3, -0.25) is 14.4 Å². The summed E-state index contributed by atoms with van der Waals surface area (Å²) >= 11 is 6.33. The molecule has 2 unspecified atom stereocenters. The van der Waals surface area contributed by atoms with Gasteiger partial charge in [0.05, 0.1) is 10.7 Å². The van der Waals surface area contributed by atoms with Crippen LogP contribution in [0, 0.1) is 6.92 Å². The number of phenolic OH excluding ortho intramolecular Hbond substituents is 1. The first-order valence-electron chi connectivity index (χ1n) is 12.3. The van der Waals surface area contributed by atoms with E-state index in [9.17, 15) is 24.3 Å². The van der Waals surface area contributed by atoms with Gasteiger partial charge in [0.2, 0.25) is 11.8 Å². The van der Waals surface area contributed by atoms with E-state index < -0.39 is 41.5 Å². The number of carbonyl (C=O) groups excluding carboxylic acids is 4. The van der Waals surface area contributed by atoms with Crippen LogP contribution in [0.25, 0.3) is 0 Å². The second kappa shape index (κ2) is 13.7. The lowest BCUT2D eigenvalue weighted by Crippen LogP contribution is -2.52. The third-order valence-corrected chi connectivity index (χ3v) is 5.83. The molecule has 0 aliphatic rings. The molecule has 0 aliphatic heterocycles. The van der Waals surface area contributed by atoms with Crippen molar-refractivity contribution in [2.24, 2.45) is 5.73 Å². The van der Waals surface area contributed by atoms with Crippen LogP contribution in [-0.2, 0) is 19.1 Å². The van der Waals surface area contributed by atoms with Gasteiger partial charge in [0, 0.05) is 13.0 Å². The summed E-state index contributed by atoms with van der Waals surface area (Å²) in [5.41, 5.74) is 5.91. The van der Waals surface area contributed by atoms with Crippen LogP contribution in [0.4, 0.5) is 10.5 Å². The van der Waals surface area contributed by atoms with Crippen LogP contribution >= 0.6 is 11.6 Å². The maximum atomic E-state index is 13.9. The Morgan fingerprint density at radius 1 is 1.15 bits per heavy atom. The third kappa shape index (κ3) is 9.33. The van der Waals surface area contributed by atoms with Crippen molar-refractivity contribution in [1.29, 1.82) is 0 Å². The first-order valence-corrected chi connectivity index (χ1v) is 12.7. The summed E-state index contributed by atoms with van der Waals surface area (Å²) in [4.78, 5) is 53.0. The Kier molecular flexibility index (Phi) is 10.9. The molecule has 210 valence electrons. The molecule has 0 saturated carbocycles. The number of primary amides is 1. The number of hydrogen-bond donors (Lipinski definition) is 4. The van der Waals surface area contributed by atoms with Crippen molar-refractivity contribution in [3.8, 4) is 5.75 Å². The van der Waals surface area contributed by atoms with Crippen molar-refractivity contribution >= 4 is 41.1 Å². The van der Waals surface area contributed by atoms with Crippen molar-refractivity contribution in [1.82, 2.24) is 10.2 Å². The molecule has 0 aromatic heterocycles. The molecule has 2 aromatic carbocycles. The number of anilines is 1. The summed E-state index contributed by atoms with van der Waals surface area (Å²) in [5, 5.41) is 15.4. The minimum Gasteiger partial charge on any atom is -0.508 e. The number of alkyl carbamates (subject to hydrolysis) is 1. The van der Waals surface area contributed by atoms with Crippen molar-refractivity contribution in [2.75, 3.05) is 11.9 Å². The van der Waals surface area contributed by atoms with Crippen LogP contribution in [0.15, 0.2) is 55.1 Å². The van der Waals surface area contributed by atoms with Gasteiger partial charge in [0.1, 0.15) is 23.4 Å². The first kappa shape index (κ1) is 31.2. The number of aryl methyl sites for hydroxylation is 1. The summed E-state index contributed by atoms with van der Waals surface area (Å²) in [7, 11) is 0. The number of nitrogens with one attached hydrogen (secondary N) is 2. The Balaban J connectivity index is 2.54. The van der Waals surface area contributed by atoms with E-state index in [0.717, 1.165) is 0 Å². The van der Waals surface area contributed by atoms with Crippen molar-refractivity contribution in [2.45, 2.75) is 58.2 Å². The predicted molar refractivity (Wildman–Crippen MR) is 149 cm³/mol. The van der Waals surface area contributed by atoms with Gasteiger partial charge in [-0.1, -0.05) is 41.9 Å². The minimum absolute atomic E-state index is 0.0348. The quantitative estimate of drug-likeness (QED) is 0.303. The van der Waals surface area contributed by atoms with Crippen LogP contribution in [0.1, 0.15) is 50.8 Å². The Morgan fingerprint density at radius 2 is 1.79 bits per heavy atom. The number of nitrogens with two attached hydrogens (primary N) is 1. The molecular formula is C28H35ClN4O6. The van der Waals surface area contributed by atoms with Crippen LogP contribution in [-0.4, -0.2) is 52.0 Å². The molecular weight excluding hydrogens is 524 g/mol. The normalized spacial score (nSPS) is 12.5. The SMILES string of the molecule is C=CCN(C(=O)C(CCC(N)=O)NC(=O)OC(C)(C)C)C(C(=O)Nc1c(C)cccc1Cl)c1ccc(O)cc1. The monoisotopic (exact) mass is 558 g/mol. The Bertz CT molecular complexity index is 1190. The summed E-state index contributed by atoms with van der Waals surface area (Å²) in [5.74, 6) is -1.98. The fourth-order valence-corrected chi connectivity index (χ4v) is 4.04. The van der Waals surface area contributed by atoms with Gasteiger partial charge >= 0.3 is 6.09 Å². The number of benzene rings is 2. The second-order valence-electron chi connectivity index (χ2n) is 9.90. The van der Waals surface area contributed by atoms with Gasteiger partial charge in [-0.25, -0.2) is 4.79 Å². The number of ether oxygens (including phenoxy) is 1. The number of phenols is 1. The van der Waals surface area contributed by atoms with Gasteiger partial charge in [-0.15, -0.1) is 6.58 Å². The minimum atomic E-state index is -1.25. The smallest absolute Gasteiger partial charge is 0.408 e. The number of aromatic hydroxyl groups is 1. The third-order valence-electron chi connectivity index (χ3n) is 5.52. The highest BCUT2D eigenvalue weighted by atomic mass is 35.5. The highest BCUT2D eigenvalue weighted by Crippen LogP contribution is 2.30. The summed E-state index contributed by atoms with van der Waals surface area (Å²) in [6.07, 6.45) is 0.219. The van der Waals surface area contributed by atoms with E-state index in [0.29, 0.717) is 21.8 Å². The maximum absolute atomic E-state index is 13.9. The lowest BCUT2D eigenvalue weighted by Gasteiger charge is -2.34. The average molecular weight is 559 g/mol. The number of carbonyl (C=O) groups is 4. The van der Waals surface area contributed by atoms with E-state index in [4.69, 9.17) is 22.1 Å². The lowest BCUT2D eigenvalue weighted by molar-refractivity contribution is -0.140. The van der Waals surface area contributed by atoms with E-state index in [-0.39, 0.29) is 25.1 Å². The van der Waals surface area contributed by atoms with E-state index in [1.54, 1.807) is 45.9 Å². The molecule has 0 fully saturated rings. The molecule has 2 atom stereocenters. The van der Waals surface area contributed by atoms with Gasteiger partial charge in [-0.2, -0.15) is 0 Å². The molecule has 39 heavy (non-hydrogen) atoms. The molecule has 4 amide bonds. The lowest BCUT2D eigenvalue weighted by atomic mass is 10.0. The van der Waals surface area contributed by atoms with E-state index >= 15 is 0 Å². The Labute approximate surface area is 233 Å². The molecule has 11 heteroatoms. The van der Waals surface area contributed by atoms with Gasteiger partial charge in [0.15, 0.2) is 0 Å². The zero-order valence-electron chi connectivity index (χ0n) is 22.5. The van der Waals surface area contributed by atoms with E-state index in [1.807, 2.05) is 0 Å². The molecule has 2 rings (SSSR count). The van der Waals surface area contributed by atoms with Gasteiger partial charge < -0.3 is 31.1 Å². The number of rotatable bonds is 11. The largest absolute Gasteiger partial charge is 0.508 e. The molecule has 0 aliphatic carbocycles. The molecule has 0 spiro atoms. The van der Waals surface area contributed by atoms with Crippen LogP contribution in [0.3, 0.4) is 0 Å². The zero-order valence-corrected chi connectivity index (χ0v) is 23.2. The number of amides is 4. The molecule has 2 aromatic rings. The van der Waals surface area contributed by atoms with Crippen LogP contribution in [0.5, 0.6) is 5.75 Å². The number of halogens is 1. The van der Waals surface area contributed by atoms with Crippen molar-refractivity contribution in [3.05, 3.63) is 71.3 Å². The number of para-hydroxylation sites is 1. The highest BCUT2D eigenvalue weighted by Gasteiger charge is 2.36. The number of nitrogens with zero attached hydrogens (tertiary/aromatic N) is 1. The highest BCUT2D eigenvalue weighted by molar-refractivity contribution is 6.34. The first-order chi connectivity index (χ1) is 18.2. The topological polar surface area (TPSA) is 151 Å². The van der Waals surface area contributed by atoms with Gasteiger partial charge in [0.25, 0.3) is 5.91 Å². The Morgan fingerprint density at radius 3 is 2.33 bits per heavy atom. The van der Waals surface area contributed by atoms with Crippen LogP contribution in [0.2, 0.25) is 5.02 Å². The fourth-order valence-electron chi connectivity index (χ4n) is 3.77. The zero-order chi connectivity index (χ0) is 29.3. The molecule has 5 N–H and O–H groups in total. The fraction of sp³-hybridized carbons (Fsp3) is 0.357. The van der Waals surface area contributed by atoms with E-state index in [1.165, 1.54) is 35.2 Å². The second-order valence-corrected chi connectivity index (χ2v) is 10.3. The van der Waals surface area contributed by atoms with E-state index in [2.05, 4.69) is 17.2 Å². The number of hydrogen-bond acceptors (Lipinski definition) is 6. The standard InChI is InChI=1S/C28H35ClN4O6/c1-6-16-33(26(37)21(14-15-22(30)35)31-27(38)39-28(3,4)5)24(18-10-12-19(34)13-11-18)25(36)32-23-17(2)8-7-9-20(23)29/h6-13,21,24,34H,1,14-16H2,2-5H3,(H2,30,35)(H,31,38)(H,32,36). The summed E-state index contributed by atoms with van der Waals surface area (Å²) < 4.78 is 5.30. The van der Waals surface area contributed by atoms with Crippen molar-refractivity contribution < 1.29 is 29.0 Å². The summed E-state index contributed by atoms with van der Waals surface area (Å²) in [6, 6.07) is 8.43. The molecule has 0 heterocycles.